The molecule has 0 aliphatic heterocycles. The van der Waals surface area contributed by atoms with E-state index in [0.29, 0.717) is 11.3 Å². The van der Waals surface area contributed by atoms with Gasteiger partial charge in [-0.25, -0.2) is 5.43 Å². The molecular weight excluding hydrogens is 376 g/mol. The Morgan fingerprint density at radius 3 is 2.70 bits per heavy atom. The zero-order valence-corrected chi connectivity index (χ0v) is 14.7. The van der Waals surface area contributed by atoms with Crippen molar-refractivity contribution in [2.75, 3.05) is 0 Å². The highest BCUT2D eigenvalue weighted by Crippen LogP contribution is 2.32. The number of amides is 1. The van der Waals surface area contributed by atoms with Gasteiger partial charge in [-0.05, 0) is 37.3 Å². The van der Waals surface area contributed by atoms with Crippen molar-refractivity contribution >= 4 is 29.4 Å². The summed E-state index contributed by atoms with van der Waals surface area (Å²) in [5, 5.41) is 33.1. The first-order valence-electron chi connectivity index (χ1n) is 7.48. The molecule has 9 nitrogen and oxygen atoms in total. The zero-order valence-electron chi connectivity index (χ0n) is 13.9. The molecule has 2 N–H and O–H groups in total. The van der Waals surface area contributed by atoms with Crippen molar-refractivity contribution < 1.29 is 19.6 Å². The number of nitrogens with one attached hydrogen (secondary N) is 1. The van der Waals surface area contributed by atoms with Crippen LogP contribution in [0.2, 0.25) is 5.02 Å². The number of carbonyl (C=O) groups excluding carboxylic acids is 1. The van der Waals surface area contributed by atoms with E-state index in [0.717, 1.165) is 12.3 Å². The number of ether oxygens (including phenoxy) is 1. The Kier molecular flexibility index (Phi) is 6.30. The lowest BCUT2D eigenvalue weighted by molar-refractivity contribution is -0.385. The van der Waals surface area contributed by atoms with E-state index >= 15 is 0 Å². The fraction of sp³-hybridized carbons (Fsp3) is 0.118. The molecule has 0 fully saturated rings. The van der Waals surface area contributed by atoms with Gasteiger partial charge < -0.3 is 9.84 Å². The molecule has 0 aliphatic carbocycles. The second-order valence-electron chi connectivity index (χ2n) is 5.25. The van der Waals surface area contributed by atoms with Gasteiger partial charge in [-0.2, -0.15) is 10.4 Å². The number of nitro groups is 1. The number of halogens is 1. The molecule has 2 rings (SSSR count). The van der Waals surface area contributed by atoms with Crippen LogP contribution in [0.1, 0.15) is 18.1 Å². The molecular formula is C17H13ClN4O5. The summed E-state index contributed by atoms with van der Waals surface area (Å²) < 4.78 is 5.42. The van der Waals surface area contributed by atoms with Gasteiger partial charge in [0.25, 0.3) is 5.91 Å². The summed E-state index contributed by atoms with van der Waals surface area (Å²) in [5.41, 5.74) is 2.05. The zero-order chi connectivity index (χ0) is 20.0. The number of hydrogen-bond donors (Lipinski definition) is 2. The fourth-order valence-electron chi connectivity index (χ4n) is 1.97. The predicted molar refractivity (Wildman–Crippen MR) is 96.8 cm³/mol. The maximum Gasteiger partial charge on any atom is 0.312 e. The number of phenols is 1. The molecule has 0 aromatic heterocycles. The first-order chi connectivity index (χ1) is 12.8. The smallest absolute Gasteiger partial charge is 0.312 e. The normalized spacial score (nSPS) is 11.6. The van der Waals surface area contributed by atoms with Gasteiger partial charge in [0, 0.05) is 16.7 Å². The van der Waals surface area contributed by atoms with Gasteiger partial charge >= 0.3 is 5.69 Å². The molecule has 0 bridgehead atoms. The number of carbonyl (C=O) groups is 1. The molecule has 138 valence electrons. The second kappa shape index (κ2) is 8.64. The average Bonchev–Trinajstić information content (AvgIpc) is 2.64. The lowest BCUT2D eigenvalue weighted by atomic mass is 10.2. The lowest BCUT2D eigenvalue weighted by Gasteiger charge is -2.12. The second-order valence-corrected chi connectivity index (χ2v) is 5.69. The highest BCUT2D eigenvalue weighted by molar-refractivity contribution is 6.31. The molecule has 10 heteroatoms. The number of phenolic OH excluding ortho intramolecular Hbond substituents is 1. The van der Waals surface area contributed by atoms with E-state index in [1.165, 1.54) is 13.0 Å². The number of hydrazone groups is 1. The summed E-state index contributed by atoms with van der Waals surface area (Å²) in [7, 11) is 0. The molecule has 0 spiro atoms. The Bertz CT molecular complexity index is 938. The summed E-state index contributed by atoms with van der Waals surface area (Å²) >= 11 is 5.77. The topological polar surface area (TPSA) is 138 Å². The van der Waals surface area contributed by atoms with Crippen molar-refractivity contribution in [3.8, 4) is 17.6 Å². The van der Waals surface area contributed by atoms with Crippen molar-refractivity contribution in [1.82, 2.24) is 5.43 Å². The van der Waals surface area contributed by atoms with Crippen molar-refractivity contribution in [3.63, 3.8) is 0 Å². The van der Waals surface area contributed by atoms with Gasteiger partial charge in [0.15, 0.2) is 6.10 Å². The molecule has 2 aromatic rings. The molecule has 27 heavy (non-hydrogen) atoms. The van der Waals surface area contributed by atoms with Gasteiger partial charge in [0.05, 0.1) is 22.8 Å². The maximum absolute atomic E-state index is 12.0. The Morgan fingerprint density at radius 2 is 2.11 bits per heavy atom. The molecule has 2 aromatic carbocycles. The van der Waals surface area contributed by atoms with Crippen LogP contribution in [0.25, 0.3) is 0 Å². The molecule has 1 amide bonds. The van der Waals surface area contributed by atoms with Crippen molar-refractivity contribution in [1.29, 1.82) is 5.26 Å². The SMILES string of the molecule is CC(Oc1ccc(C#N)cc1)C(=O)N/N=C/c1cc(Cl)cc([N+](=O)[O-])c1O. The Balaban J connectivity index is 2.02. The number of rotatable bonds is 6. The summed E-state index contributed by atoms with van der Waals surface area (Å²) in [6, 6.07) is 10.4. The summed E-state index contributed by atoms with van der Waals surface area (Å²) in [5.74, 6) is -0.820. The average molecular weight is 389 g/mol. The highest BCUT2D eigenvalue weighted by atomic mass is 35.5. The van der Waals surface area contributed by atoms with Crippen LogP contribution in [0.5, 0.6) is 11.5 Å². The van der Waals surface area contributed by atoms with E-state index < -0.39 is 28.4 Å². The van der Waals surface area contributed by atoms with Crippen LogP contribution in [0, 0.1) is 21.4 Å². The van der Waals surface area contributed by atoms with E-state index in [4.69, 9.17) is 21.6 Å². The van der Waals surface area contributed by atoms with Crippen molar-refractivity contribution in [3.05, 3.63) is 62.7 Å². The third kappa shape index (κ3) is 5.17. The van der Waals surface area contributed by atoms with E-state index in [9.17, 15) is 20.0 Å². The quantitative estimate of drug-likeness (QED) is 0.443. The molecule has 0 saturated carbocycles. The van der Waals surface area contributed by atoms with Gasteiger partial charge in [0.1, 0.15) is 5.75 Å². The molecule has 0 saturated heterocycles. The number of nitriles is 1. The predicted octanol–water partition coefficient (Wildman–Crippen LogP) is 2.74. The number of nitrogens with zero attached hydrogens (tertiary/aromatic N) is 3. The van der Waals surface area contributed by atoms with E-state index in [2.05, 4.69) is 10.5 Å². The minimum Gasteiger partial charge on any atom is -0.502 e. The van der Waals surface area contributed by atoms with Crippen LogP contribution in [-0.2, 0) is 4.79 Å². The Labute approximate surface area is 158 Å². The summed E-state index contributed by atoms with van der Waals surface area (Å²) in [4.78, 5) is 22.1. The minimum absolute atomic E-state index is 0.0322. The van der Waals surface area contributed by atoms with E-state index in [-0.39, 0.29) is 10.6 Å². The van der Waals surface area contributed by atoms with Gasteiger partial charge in [-0.15, -0.1) is 0 Å². The maximum atomic E-state index is 12.0. The van der Waals surface area contributed by atoms with Gasteiger partial charge in [-0.1, -0.05) is 11.6 Å². The van der Waals surface area contributed by atoms with Crippen LogP contribution < -0.4 is 10.2 Å². The molecule has 0 heterocycles. The van der Waals surface area contributed by atoms with Crippen molar-refractivity contribution in [2.45, 2.75) is 13.0 Å². The monoisotopic (exact) mass is 388 g/mol. The van der Waals surface area contributed by atoms with E-state index in [1.807, 2.05) is 6.07 Å². The molecule has 0 radical (unpaired) electrons. The highest BCUT2D eigenvalue weighted by Gasteiger charge is 2.18. The molecule has 1 unspecified atom stereocenters. The third-order valence-corrected chi connectivity index (χ3v) is 3.54. The standard InChI is InChI=1S/C17H13ClN4O5/c1-10(27-14-4-2-11(8-19)3-5-14)17(24)21-20-9-12-6-13(18)7-15(16(12)23)22(25)26/h2-7,9-10,23H,1H3,(H,21,24)/b20-9+. The minimum atomic E-state index is -0.905. The Hall–Kier alpha value is -3.64. The third-order valence-electron chi connectivity index (χ3n) is 3.32. The van der Waals surface area contributed by atoms with Crippen LogP contribution in [0.3, 0.4) is 0 Å². The summed E-state index contributed by atoms with van der Waals surface area (Å²) in [6.07, 6.45) is 0.123. The van der Waals surface area contributed by atoms with Crippen LogP contribution in [-0.4, -0.2) is 28.3 Å². The van der Waals surface area contributed by atoms with Crippen LogP contribution in [0.15, 0.2) is 41.5 Å². The Morgan fingerprint density at radius 1 is 1.44 bits per heavy atom. The number of hydrogen-bond acceptors (Lipinski definition) is 7. The molecule has 0 aliphatic rings. The van der Waals surface area contributed by atoms with Crippen molar-refractivity contribution in [2.24, 2.45) is 5.10 Å². The van der Waals surface area contributed by atoms with Crippen LogP contribution in [0.4, 0.5) is 5.69 Å². The first kappa shape index (κ1) is 19.7. The number of aromatic hydroxyl groups is 1. The molecule has 1 atom stereocenters. The summed E-state index contributed by atoms with van der Waals surface area (Å²) in [6.45, 7) is 1.49. The van der Waals surface area contributed by atoms with Gasteiger partial charge in [-0.3, -0.25) is 14.9 Å². The van der Waals surface area contributed by atoms with E-state index in [1.54, 1.807) is 24.3 Å². The fourth-order valence-corrected chi connectivity index (χ4v) is 2.19. The number of nitro benzene ring substituents is 1. The van der Waals surface area contributed by atoms with Gasteiger partial charge in [0.2, 0.25) is 5.75 Å². The lowest BCUT2D eigenvalue weighted by Crippen LogP contribution is -2.33. The first-order valence-corrected chi connectivity index (χ1v) is 7.86. The largest absolute Gasteiger partial charge is 0.502 e. The number of benzene rings is 2. The van der Waals surface area contributed by atoms with Crippen LogP contribution >= 0.6 is 11.6 Å².